The van der Waals surface area contributed by atoms with Crippen LogP contribution < -0.4 is 0 Å². The molecule has 1 fully saturated rings. The zero-order valence-corrected chi connectivity index (χ0v) is 5.83. The quantitative estimate of drug-likeness (QED) is 0.496. The molecule has 0 saturated carbocycles. The third-order valence-corrected chi connectivity index (χ3v) is 1.21. The van der Waals surface area contributed by atoms with Crippen molar-refractivity contribution in [3.63, 3.8) is 0 Å². The summed E-state index contributed by atoms with van der Waals surface area (Å²) in [6, 6.07) is 0. The van der Waals surface area contributed by atoms with E-state index in [0.29, 0.717) is 0 Å². The Bertz CT molecular complexity index is 109. The van der Waals surface area contributed by atoms with E-state index in [0.717, 1.165) is 6.61 Å². The van der Waals surface area contributed by atoms with Gasteiger partial charge in [-0.2, -0.15) is 0 Å². The van der Waals surface area contributed by atoms with Gasteiger partial charge >= 0.3 is 0 Å². The first-order chi connectivity index (χ1) is 4.33. The van der Waals surface area contributed by atoms with Gasteiger partial charge in [0.25, 0.3) is 0 Å². The summed E-state index contributed by atoms with van der Waals surface area (Å²) < 4.78 is 10.5. The molecule has 0 aliphatic carbocycles. The minimum Gasteiger partial charge on any atom is -0.346 e. The van der Waals surface area contributed by atoms with Gasteiger partial charge in [-0.25, -0.2) is 0 Å². The molecule has 0 spiro atoms. The second-order valence-electron chi connectivity index (χ2n) is 2.17. The fourth-order valence-electron chi connectivity index (χ4n) is 0.796. The van der Waals surface area contributed by atoms with Gasteiger partial charge < -0.3 is 9.47 Å². The Labute approximate surface area is 55.5 Å². The summed E-state index contributed by atoms with van der Waals surface area (Å²) in [5, 5.41) is 0. The summed E-state index contributed by atoms with van der Waals surface area (Å²) >= 11 is 0. The average molecular weight is 128 g/mol. The normalized spacial score (nSPS) is 36.2. The highest BCUT2D eigenvalue weighted by atomic mass is 16.7. The van der Waals surface area contributed by atoms with E-state index >= 15 is 0 Å². The lowest BCUT2D eigenvalue weighted by Crippen LogP contribution is -2.05. The van der Waals surface area contributed by atoms with Gasteiger partial charge in [0.15, 0.2) is 6.29 Å². The maximum atomic E-state index is 5.29. The highest BCUT2D eigenvalue weighted by molar-refractivity contribution is 4.83. The van der Waals surface area contributed by atoms with E-state index in [-0.39, 0.29) is 12.4 Å². The topological polar surface area (TPSA) is 18.5 Å². The van der Waals surface area contributed by atoms with Crippen molar-refractivity contribution in [2.45, 2.75) is 26.2 Å². The van der Waals surface area contributed by atoms with Crippen molar-refractivity contribution in [3.05, 3.63) is 12.2 Å². The van der Waals surface area contributed by atoms with E-state index in [1.807, 2.05) is 26.0 Å². The Hall–Kier alpha value is -0.340. The SMILES string of the molecule is C/C=C\[C@@H]1OC[C@H](C)O1. The number of allylic oxidation sites excluding steroid dienone is 1. The molecule has 2 atom stereocenters. The van der Waals surface area contributed by atoms with Gasteiger partial charge in [-0.3, -0.25) is 0 Å². The van der Waals surface area contributed by atoms with Gasteiger partial charge in [-0.15, -0.1) is 0 Å². The highest BCUT2D eigenvalue weighted by Gasteiger charge is 2.18. The minimum atomic E-state index is -0.0926. The molecule has 0 amide bonds. The molecule has 1 aliphatic heterocycles. The first kappa shape index (κ1) is 6.78. The summed E-state index contributed by atoms with van der Waals surface area (Å²) in [4.78, 5) is 0. The molecular weight excluding hydrogens is 116 g/mol. The number of ether oxygens (including phenoxy) is 2. The van der Waals surface area contributed by atoms with Gasteiger partial charge in [-0.1, -0.05) is 6.08 Å². The van der Waals surface area contributed by atoms with Crippen molar-refractivity contribution < 1.29 is 9.47 Å². The number of hydrogen-bond acceptors (Lipinski definition) is 2. The van der Waals surface area contributed by atoms with Crippen molar-refractivity contribution in [1.82, 2.24) is 0 Å². The van der Waals surface area contributed by atoms with E-state index in [9.17, 15) is 0 Å². The first-order valence-electron chi connectivity index (χ1n) is 3.23. The van der Waals surface area contributed by atoms with Crippen LogP contribution in [-0.2, 0) is 9.47 Å². The van der Waals surface area contributed by atoms with Crippen LogP contribution in [0.15, 0.2) is 12.2 Å². The summed E-state index contributed by atoms with van der Waals surface area (Å²) in [7, 11) is 0. The van der Waals surface area contributed by atoms with Gasteiger partial charge in [0.05, 0.1) is 12.7 Å². The molecule has 1 aliphatic rings. The molecule has 1 rings (SSSR count). The maximum absolute atomic E-state index is 5.29. The monoisotopic (exact) mass is 128 g/mol. The van der Waals surface area contributed by atoms with E-state index in [1.54, 1.807) is 0 Å². The molecular formula is C7H12O2. The molecule has 0 aromatic heterocycles. The van der Waals surface area contributed by atoms with Gasteiger partial charge in [0.2, 0.25) is 0 Å². The van der Waals surface area contributed by atoms with Crippen molar-refractivity contribution in [1.29, 1.82) is 0 Å². The molecule has 0 bridgehead atoms. The third-order valence-electron chi connectivity index (χ3n) is 1.21. The summed E-state index contributed by atoms with van der Waals surface area (Å²) in [6.07, 6.45) is 4.00. The van der Waals surface area contributed by atoms with Crippen molar-refractivity contribution in [2.75, 3.05) is 6.61 Å². The Kier molecular flexibility index (Phi) is 2.25. The van der Waals surface area contributed by atoms with Gasteiger partial charge in [-0.05, 0) is 19.9 Å². The lowest BCUT2D eigenvalue weighted by atomic mass is 10.5. The molecule has 2 nitrogen and oxygen atoms in total. The van der Waals surface area contributed by atoms with Crippen LogP contribution in [-0.4, -0.2) is 19.0 Å². The summed E-state index contributed by atoms with van der Waals surface area (Å²) in [5.41, 5.74) is 0. The smallest absolute Gasteiger partial charge is 0.177 e. The lowest BCUT2D eigenvalue weighted by molar-refractivity contribution is -0.0161. The molecule has 2 heteroatoms. The Morgan fingerprint density at radius 3 is 2.78 bits per heavy atom. The standard InChI is InChI=1S/C7H12O2/c1-3-4-7-8-5-6(2)9-7/h3-4,6-7H,5H2,1-2H3/b4-3-/t6-,7+/m0/s1. The largest absolute Gasteiger partial charge is 0.346 e. The van der Waals surface area contributed by atoms with Crippen LogP contribution in [0.25, 0.3) is 0 Å². The van der Waals surface area contributed by atoms with Gasteiger partial charge in [0.1, 0.15) is 0 Å². The van der Waals surface area contributed by atoms with Gasteiger partial charge in [0, 0.05) is 0 Å². The Morgan fingerprint density at radius 1 is 1.56 bits per heavy atom. The highest BCUT2D eigenvalue weighted by Crippen LogP contribution is 2.10. The minimum absolute atomic E-state index is 0.0926. The van der Waals surface area contributed by atoms with Crippen LogP contribution >= 0.6 is 0 Å². The second kappa shape index (κ2) is 2.99. The van der Waals surface area contributed by atoms with Crippen LogP contribution in [0.3, 0.4) is 0 Å². The first-order valence-corrected chi connectivity index (χ1v) is 3.23. The number of rotatable bonds is 1. The molecule has 1 saturated heterocycles. The fourth-order valence-corrected chi connectivity index (χ4v) is 0.796. The number of hydrogen-bond donors (Lipinski definition) is 0. The molecule has 9 heavy (non-hydrogen) atoms. The Morgan fingerprint density at radius 2 is 2.33 bits per heavy atom. The molecule has 0 radical (unpaired) electrons. The van der Waals surface area contributed by atoms with Crippen LogP contribution in [0.1, 0.15) is 13.8 Å². The maximum Gasteiger partial charge on any atom is 0.177 e. The van der Waals surface area contributed by atoms with Crippen LogP contribution in [0.2, 0.25) is 0 Å². The van der Waals surface area contributed by atoms with E-state index in [4.69, 9.17) is 9.47 Å². The predicted molar refractivity (Wildman–Crippen MR) is 35.1 cm³/mol. The van der Waals surface area contributed by atoms with E-state index < -0.39 is 0 Å². The molecule has 1 heterocycles. The second-order valence-corrected chi connectivity index (χ2v) is 2.17. The van der Waals surface area contributed by atoms with E-state index in [2.05, 4.69) is 0 Å². The fraction of sp³-hybridized carbons (Fsp3) is 0.714. The predicted octanol–water partition coefficient (Wildman–Crippen LogP) is 1.32. The zero-order valence-electron chi connectivity index (χ0n) is 5.83. The van der Waals surface area contributed by atoms with Crippen LogP contribution in [0.4, 0.5) is 0 Å². The van der Waals surface area contributed by atoms with Crippen molar-refractivity contribution in [2.24, 2.45) is 0 Å². The third kappa shape index (κ3) is 1.80. The molecule has 0 unspecified atom stereocenters. The summed E-state index contributed by atoms with van der Waals surface area (Å²) in [5.74, 6) is 0. The lowest BCUT2D eigenvalue weighted by Gasteiger charge is -2.01. The Balaban J connectivity index is 2.30. The van der Waals surface area contributed by atoms with E-state index in [1.165, 1.54) is 0 Å². The van der Waals surface area contributed by atoms with Crippen molar-refractivity contribution in [3.8, 4) is 0 Å². The summed E-state index contributed by atoms with van der Waals surface area (Å²) in [6.45, 7) is 4.67. The molecule has 0 aromatic carbocycles. The van der Waals surface area contributed by atoms with Crippen molar-refractivity contribution >= 4 is 0 Å². The molecule has 0 N–H and O–H groups in total. The van der Waals surface area contributed by atoms with Crippen LogP contribution in [0, 0.1) is 0 Å². The molecule has 0 aromatic rings. The van der Waals surface area contributed by atoms with Crippen LogP contribution in [0.5, 0.6) is 0 Å². The zero-order chi connectivity index (χ0) is 6.69. The average Bonchev–Trinajstić information content (AvgIpc) is 2.17. The molecule has 52 valence electrons.